The Bertz CT molecular complexity index is 583. The highest BCUT2D eigenvalue weighted by atomic mass is 32.2. The topological polar surface area (TPSA) is 53.5 Å². The van der Waals surface area contributed by atoms with Crippen molar-refractivity contribution >= 4 is 41.0 Å². The van der Waals surface area contributed by atoms with Gasteiger partial charge < -0.3 is 9.80 Å². The summed E-state index contributed by atoms with van der Waals surface area (Å²) in [6, 6.07) is -0.240. The van der Waals surface area contributed by atoms with E-state index in [1.165, 1.54) is 6.08 Å². The number of likely N-dealkylation sites (N-methyl/N-ethyl adjacent to an activating group) is 1. The molecule has 2 heterocycles. The molecule has 1 saturated heterocycles. The molecule has 0 aromatic carbocycles. The van der Waals surface area contributed by atoms with E-state index in [2.05, 4.69) is 4.98 Å². The number of thiazole rings is 1. The van der Waals surface area contributed by atoms with Gasteiger partial charge in [-0.05, 0) is 26.8 Å². The van der Waals surface area contributed by atoms with Crippen LogP contribution in [-0.2, 0) is 9.59 Å². The van der Waals surface area contributed by atoms with E-state index in [1.54, 1.807) is 46.0 Å². The van der Waals surface area contributed by atoms with Crippen LogP contribution < -0.4 is 0 Å². The average molecular weight is 339 g/mol. The first kappa shape index (κ1) is 17.0. The summed E-state index contributed by atoms with van der Waals surface area (Å²) in [5, 5.41) is 2.88. The quantitative estimate of drug-likeness (QED) is 0.790. The third-order valence-electron chi connectivity index (χ3n) is 3.61. The minimum absolute atomic E-state index is 0.00579. The molecule has 1 aromatic rings. The first-order valence-electron chi connectivity index (χ1n) is 7.15. The molecular weight excluding hydrogens is 318 g/mol. The monoisotopic (exact) mass is 339 g/mol. The Labute approximate surface area is 139 Å². The first-order valence-corrected chi connectivity index (χ1v) is 9.19. The van der Waals surface area contributed by atoms with E-state index >= 15 is 0 Å². The Morgan fingerprint density at radius 2 is 2.23 bits per heavy atom. The van der Waals surface area contributed by atoms with Crippen molar-refractivity contribution in [2.24, 2.45) is 0 Å². The second-order valence-corrected chi connectivity index (χ2v) is 7.55. The fourth-order valence-corrected chi connectivity index (χ4v) is 3.80. The average Bonchev–Trinajstić information content (AvgIpc) is 3.11. The van der Waals surface area contributed by atoms with Gasteiger partial charge in [0, 0.05) is 30.3 Å². The van der Waals surface area contributed by atoms with E-state index in [9.17, 15) is 9.59 Å². The van der Waals surface area contributed by atoms with Crippen LogP contribution >= 0.6 is 23.1 Å². The lowest BCUT2D eigenvalue weighted by Gasteiger charge is -2.29. The van der Waals surface area contributed by atoms with Crippen molar-refractivity contribution in [3.05, 3.63) is 22.2 Å². The molecule has 0 N–H and O–H groups in total. The number of aryl methyl sites for hydroxylation is 1. The Morgan fingerprint density at radius 3 is 2.82 bits per heavy atom. The van der Waals surface area contributed by atoms with Gasteiger partial charge in [0.2, 0.25) is 11.8 Å². The van der Waals surface area contributed by atoms with Crippen LogP contribution in [0.25, 0.3) is 6.08 Å². The smallest absolute Gasteiger partial charge is 0.248 e. The van der Waals surface area contributed by atoms with Crippen molar-refractivity contribution in [1.82, 2.24) is 14.8 Å². The number of carbonyl (C=O) groups is 2. The van der Waals surface area contributed by atoms with Crippen molar-refractivity contribution in [1.29, 1.82) is 0 Å². The van der Waals surface area contributed by atoms with Crippen LogP contribution in [0.15, 0.2) is 11.5 Å². The summed E-state index contributed by atoms with van der Waals surface area (Å²) in [4.78, 5) is 32.5. The summed E-state index contributed by atoms with van der Waals surface area (Å²) in [6.45, 7) is 5.87. The molecular formula is C15H21N3O2S2. The third-order valence-corrected chi connectivity index (χ3v) is 5.41. The lowest BCUT2D eigenvalue weighted by molar-refractivity contribution is -0.141. The highest BCUT2D eigenvalue weighted by molar-refractivity contribution is 7.99. The molecule has 5 nitrogen and oxygen atoms in total. The Morgan fingerprint density at radius 1 is 1.50 bits per heavy atom. The molecule has 2 rings (SSSR count). The van der Waals surface area contributed by atoms with Gasteiger partial charge in [0.1, 0.15) is 6.04 Å². The van der Waals surface area contributed by atoms with Gasteiger partial charge in [0.15, 0.2) is 0 Å². The second kappa shape index (κ2) is 7.28. The number of aromatic nitrogens is 1. The van der Waals surface area contributed by atoms with E-state index in [0.29, 0.717) is 11.6 Å². The van der Waals surface area contributed by atoms with Crippen LogP contribution in [0.2, 0.25) is 0 Å². The van der Waals surface area contributed by atoms with Gasteiger partial charge in [-0.2, -0.15) is 0 Å². The Balaban J connectivity index is 2.05. The fourth-order valence-electron chi connectivity index (χ4n) is 2.06. The number of amides is 2. The van der Waals surface area contributed by atoms with Crippen molar-refractivity contribution in [3.63, 3.8) is 0 Å². The molecule has 1 atom stereocenters. The van der Waals surface area contributed by atoms with Crippen molar-refractivity contribution in [2.75, 3.05) is 18.7 Å². The van der Waals surface area contributed by atoms with E-state index in [1.807, 2.05) is 26.2 Å². The van der Waals surface area contributed by atoms with Crippen molar-refractivity contribution < 1.29 is 9.59 Å². The standard InChI is InChI=1S/C15H21N3O2S2/c1-10(2)17(4)15(20)13-8-21-9-18(13)14(19)6-5-12-7-22-11(3)16-12/h5-7,10,13H,8-9H2,1-4H3/b6-5-/t13-/m1/s1. The number of rotatable bonds is 4. The molecule has 0 aliphatic carbocycles. The maximum absolute atomic E-state index is 12.5. The maximum Gasteiger partial charge on any atom is 0.248 e. The normalized spacial score (nSPS) is 18.4. The molecule has 1 aromatic heterocycles. The van der Waals surface area contributed by atoms with Gasteiger partial charge in [-0.15, -0.1) is 23.1 Å². The molecule has 22 heavy (non-hydrogen) atoms. The van der Waals surface area contributed by atoms with E-state index in [0.717, 1.165) is 10.7 Å². The predicted molar refractivity (Wildman–Crippen MR) is 91.8 cm³/mol. The molecule has 0 saturated carbocycles. The van der Waals surface area contributed by atoms with E-state index in [-0.39, 0.29) is 23.9 Å². The summed E-state index contributed by atoms with van der Waals surface area (Å²) in [7, 11) is 1.78. The van der Waals surface area contributed by atoms with Gasteiger partial charge >= 0.3 is 0 Å². The van der Waals surface area contributed by atoms with Crippen LogP contribution in [-0.4, -0.2) is 57.4 Å². The highest BCUT2D eigenvalue weighted by Crippen LogP contribution is 2.23. The molecule has 7 heteroatoms. The largest absolute Gasteiger partial charge is 0.342 e. The summed E-state index contributed by atoms with van der Waals surface area (Å²) >= 11 is 3.16. The number of carbonyl (C=O) groups excluding carboxylic acids is 2. The number of hydrogen-bond acceptors (Lipinski definition) is 5. The lowest BCUT2D eigenvalue weighted by atomic mass is 10.2. The molecule has 1 aliphatic rings. The van der Waals surface area contributed by atoms with Crippen LogP contribution in [0.3, 0.4) is 0 Å². The SMILES string of the molecule is Cc1nc(/C=C\C(=O)N2CSC[C@@H]2C(=O)N(C)C(C)C)cs1. The first-order chi connectivity index (χ1) is 10.4. The summed E-state index contributed by atoms with van der Waals surface area (Å²) in [6.07, 6.45) is 3.22. The Hall–Kier alpha value is -1.34. The molecule has 0 radical (unpaired) electrons. The zero-order chi connectivity index (χ0) is 16.3. The van der Waals surface area contributed by atoms with Gasteiger partial charge in [0.25, 0.3) is 0 Å². The molecule has 0 unspecified atom stereocenters. The van der Waals surface area contributed by atoms with Crippen LogP contribution in [0.4, 0.5) is 0 Å². The number of thioether (sulfide) groups is 1. The van der Waals surface area contributed by atoms with Crippen LogP contribution in [0, 0.1) is 6.92 Å². The second-order valence-electron chi connectivity index (χ2n) is 5.49. The zero-order valence-corrected chi connectivity index (χ0v) is 14.9. The highest BCUT2D eigenvalue weighted by Gasteiger charge is 2.35. The molecule has 0 bridgehead atoms. The summed E-state index contributed by atoms with van der Waals surface area (Å²) < 4.78 is 0. The summed E-state index contributed by atoms with van der Waals surface area (Å²) in [5.74, 6) is 1.09. The van der Waals surface area contributed by atoms with Gasteiger partial charge in [-0.1, -0.05) is 0 Å². The Kier molecular flexibility index (Phi) is 5.63. The van der Waals surface area contributed by atoms with Crippen LogP contribution in [0.5, 0.6) is 0 Å². The van der Waals surface area contributed by atoms with Crippen molar-refractivity contribution in [3.8, 4) is 0 Å². The van der Waals surface area contributed by atoms with Gasteiger partial charge in [-0.25, -0.2) is 4.98 Å². The minimum Gasteiger partial charge on any atom is -0.342 e. The van der Waals surface area contributed by atoms with E-state index in [4.69, 9.17) is 0 Å². The third kappa shape index (κ3) is 3.89. The van der Waals surface area contributed by atoms with Gasteiger partial charge in [-0.3, -0.25) is 9.59 Å². The van der Waals surface area contributed by atoms with E-state index < -0.39 is 0 Å². The predicted octanol–water partition coefficient (Wildman–Crippen LogP) is 2.23. The lowest BCUT2D eigenvalue weighted by Crippen LogP contribution is -2.49. The summed E-state index contributed by atoms with van der Waals surface area (Å²) in [5.41, 5.74) is 0.782. The fraction of sp³-hybridized carbons (Fsp3) is 0.533. The minimum atomic E-state index is -0.369. The van der Waals surface area contributed by atoms with Gasteiger partial charge in [0.05, 0.1) is 16.6 Å². The zero-order valence-electron chi connectivity index (χ0n) is 13.3. The molecule has 0 spiro atoms. The van der Waals surface area contributed by atoms with Crippen LogP contribution in [0.1, 0.15) is 24.5 Å². The maximum atomic E-state index is 12.5. The molecule has 1 aliphatic heterocycles. The molecule has 1 fully saturated rings. The number of hydrogen-bond donors (Lipinski definition) is 0. The van der Waals surface area contributed by atoms with Crippen molar-refractivity contribution in [2.45, 2.75) is 32.9 Å². The molecule has 2 amide bonds. The number of nitrogens with zero attached hydrogens (tertiary/aromatic N) is 3. The molecule has 120 valence electrons.